The molecule has 3 aromatic carbocycles. The fourth-order valence-electron chi connectivity index (χ4n) is 4.99. The van der Waals surface area contributed by atoms with E-state index < -0.39 is 23.3 Å². The van der Waals surface area contributed by atoms with E-state index in [0.717, 1.165) is 29.6 Å². The predicted octanol–water partition coefficient (Wildman–Crippen LogP) is 5.16. The lowest BCUT2D eigenvalue weighted by atomic mass is 9.93. The number of anilines is 1. The second-order valence-electron chi connectivity index (χ2n) is 10.4. The highest BCUT2D eigenvalue weighted by atomic mass is 19.4. The Kier molecular flexibility index (Phi) is 8.15. The maximum atomic E-state index is 14.4. The van der Waals surface area contributed by atoms with Crippen molar-refractivity contribution in [3.05, 3.63) is 101 Å². The first-order valence-electron chi connectivity index (χ1n) is 13.6. The average Bonchev–Trinajstić information content (AvgIpc) is 3.68. The van der Waals surface area contributed by atoms with Crippen LogP contribution in [0.3, 0.4) is 0 Å². The van der Waals surface area contributed by atoms with E-state index in [0.29, 0.717) is 22.7 Å². The number of amides is 2. The van der Waals surface area contributed by atoms with Gasteiger partial charge in [-0.3, -0.25) is 9.59 Å². The molecule has 5 rings (SSSR count). The number of rotatable bonds is 10. The number of primary amides is 1. The van der Waals surface area contributed by atoms with Gasteiger partial charge < -0.3 is 22.1 Å². The molecule has 42 heavy (non-hydrogen) atoms. The summed E-state index contributed by atoms with van der Waals surface area (Å²) >= 11 is 0. The second kappa shape index (κ2) is 11.8. The van der Waals surface area contributed by atoms with Crippen molar-refractivity contribution in [3.8, 4) is 16.8 Å². The average molecular weight is 577 g/mol. The first kappa shape index (κ1) is 29.0. The van der Waals surface area contributed by atoms with Crippen LogP contribution in [-0.4, -0.2) is 28.1 Å². The second-order valence-corrected chi connectivity index (χ2v) is 10.4. The van der Waals surface area contributed by atoms with E-state index in [1.54, 1.807) is 48.5 Å². The third-order valence-corrected chi connectivity index (χ3v) is 7.16. The van der Waals surface area contributed by atoms with Crippen molar-refractivity contribution in [3.63, 3.8) is 0 Å². The van der Waals surface area contributed by atoms with Gasteiger partial charge in [0.15, 0.2) is 5.69 Å². The number of benzene rings is 3. The molecule has 1 aliphatic carbocycles. The van der Waals surface area contributed by atoms with Gasteiger partial charge in [0.05, 0.1) is 11.7 Å². The van der Waals surface area contributed by atoms with Crippen molar-refractivity contribution in [2.24, 2.45) is 17.4 Å². The van der Waals surface area contributed by atoms with E-state index in [1.165, 1.54) is 13.0 Å². The molecule has 1 saturated carbocycles. The fourth-order valence-corrected chi connectivity index (χ4v) is 4.99. The van der Waals surface area contributed by atoms with Gasteiger partial charge in [0.2, 0.25) is 5.91 Å². The summed E-state index contributed by atoms with van der Waals surface area (Å²) in [5.41, 5.74) is 12.7. The number of halogens is 3. The number of nitrogens with one attached hydrogen (secondary N) is 2. The van der Waals surface area contributed by atoms with Crippen LogP contribution in [0.2, 0.25) is 0 Å². The van der Waals surface area contributed by atoms with E-state index >= 15 is 0 Å². The molecule has 1 atom stereocenters. The van der Waals surface area contributed by atoms with Crippen LogP contribution in [0, 0.1) is 5.92 Å². The van der Waals surface area contributed by atoms with Gasteiger partial charge in [-0.2, -0.15) is 18.3 Å². The molecule has 2 amide bonds. The molecular weight excluding hydrogens is 545 g/mol. The van der Waals surface area contributed by atoms with E-state index in [1.807, 2.05) is 18.2 Å². The molecule has 0 aliphatic heterocycles. The van der Waals surface area contributed by atoms with Crippen LogP contribution >= 0.6 is 0 Å². The van der Waals surface area contributed by atoms with Crippen LogP contribution in [-0.2, 0) is 17.5 Å². The minimum Gasteiger partial charge on any atom is -0.364 e. The van der Waals surface area contributed by atoms with Crippen LogP contribution in [0.15, 0.2) is 72.8 Å². The minimum atomic E-state index is -4.87. The SMILES string of the molecule is CC(=O)Nc1ccc(C(NCC2CC2)c2cccc(-c3c(C(F)(F)F)nn(-c4cccc(CN)c4)c3C(N)=O)c2)cc1. The van der Waals surface area contributed by atoms with Gasteiger partial charge in [0.25, 0.3) is 5.91 Å². The van der Waals surface area contributed by atoms with Gasteiger partial charge in [0, 0.05) is 24.7 Å². The molecule has 8 nitrogen and oxygen atoms in total. The molecule has 4 aromatic rings. The summed E-state index contributed by atoms with van der Waals surface area (Å²) in [5.74, 6) is -0.705. The van der Waals surface area contributed by atoms with Gasteiger partial charge in [-0.15, -0.1) is 0 Å². The van der Waals surface area contributed by atoms with Gasteiger partial charge in [-0.05, 0) is 77.9 Å². The van der Waals surface area contributed by atoms with Crippen molar-refractivity contribution in [2.45, 2.75) is 38.5 Å². The molecule has 0 saturated heterocycles. The number of alkyl halides is 3. The van der Waals surface area contributed by atoms with Crippen molar-refractivity contribution >= 4 is 17.5 Å². The maximum absolute atomic E-state index is 14.4. The van der Waals surface area contributed by atoms with E-state index in [4.69, 9.17) is 11.5 Å². The van der Waals surface area contributed by atoms with Crippen molar-refractivity contribution in [1.29, 1.82) is 0 Å². The summed E-state index contributed by atoms with van der Waals surface area (Å²) < 4.78 is 44.2. The van der Waals surface area contributed by atoms with E-state index in [2.05, 4.69) is 15.7 Å². The monoisotopic (exact) mass is 576 g/mol. The fraction of sp³-hybridized carbons (Fsp3) is 0.258. The zero-order chi connectivity index (χ0) is 30.0. The Morgan fingerprint density at radius 1 is 1.02 bits per heavy atom. The zero-order valence-electron chi connectivity index (χ0n) is 22.9. The lowest BCUT2D eigenvalue weighted by Crippen LogP contribution is -2.24. The lowest BCUT2D eigenvalue weighted by Gasteiger charge is -2.21. The third kappa shape index (κ3) is 6.37. The number of nitrogens with zero attached hydrogens (tertiary/aromatic N) is 2. The van der Waals surface area contributed by atoms with E-state index in [9.17, 15) is 22.8 Å². The minimum absolute atomic E-state index is 0.156. The highest BCUT2D eigenvalue weighted by Gasteiger charge is 2.41. The highest BCUT2D eigenvalue weighted by molar-refractivity contribution is 5.99. The molecule has 1 aliphatic rings. The molecule has 0 bridgehead atoms. The Balaban J connectivity index is 1.63. The maximum Gasteiger partial charge on any atom is 0.435 e. The molecule has 0 radical (unpaired) electrons. The first-order chi connectivity index (χ1) is 20.0. The Labute approximate surface area is 240 Å². The Morgan fingerprint density at radius 2 is 1.74 bits per heavy atom. The summed E-state index contributed by atoms with van der Waals surface area (Å²) in [6.07, 6.45) is -2.64. The van der Waals surface area contributed by atoms with Gasteiger partial charge in [-0.1, -0.05) is 42.5 Å². The molecule has 0 spiro atoms. The number of carbonyl (C=O) groups excluding carboxylic acids is 2. The number of nitrogens with two attached hydrogens (primary N) is 2. The number of carbonyl (C=O) groups is 2. The van der Waals surface area contributed by atoms with Gasteiger partial charge >= 0.3 is 6.18 Å². The first-order valence-corrected chi connectivity index (χ1v) is 13.6. The predicted molar refractivity (Wildman–Crippen MR) is 154 cm³/mol. The third-order valence-electron chi connectivity index (χ3n) is 7.16. The summed E-state index contributed by atoms with van der Waals surface area (Å²) in [6, 6.07) is 20.0. The molecule has 1 heterocycles. The molecule has 1 unspecified atom stereocenters. The van der Waals surface area contributed by atoms with Crippen LogP contribution in [0.1, 0.15) is 58.7 Å². The topological polar surface area (TPSA) is 128 Å². The van der Waals surface area contributed by atoms with Crippen LogP contribution in [0.4, 0.5) is 18.9 Å². The van der Waals surface area contributed by atoms with Gasteiger partial charge in [0.1, 0.15) is 5.69 Å². The normalized spacial score (nSPS) is 14.0. The Bertz CT molecular complexity index is 1610. The highest BCUT2D eigenvalue weighted by Crippen LogP contribution is 2.40. The largest absolute Gasteiger partial charge is 0.435 e. The van der Waals surface area contributed by atoms with Crippen LogP contribution < -0.4 is 22.1 Å². The summed E-state index contributed by atoms with van der Waals surface area (Å²) in [4.78, 5) is 24.2. The summed E-state index contributed by atoms with van der Waals surface area (Å²) in [6.45, 7) is 2.31. The van der Waals surface area contributed by atoms with Crippen molar-refractivity contribution in [2.75, 3.05) is 11.9 Å². The molecule has 1 aromatic heterocycles. The Hall–Kier alpha value is -4.48. The Morgan fingerprint density at radius 3 is 2.36 bits per heavy atom. The smallest absolute Gasteiger partial charge is 0.364 e. The summed E-state index contributed by atoms with van der Waals surface area (Å²) in [5, 5.41) is 10.1. The number of aromatic nitrogens is 2. The van der Waals surface area contributed by atoms with Crippen molar-refractivity contribution in [1.82, 2.24) is 15.1 Å². The quantitative estimate of drug-likeness (QED) is 0.207. The van der Waals surface area contributed by atoms with Crippen molar-refractivity contribution < 1.29 is 22.8 Å². The zero-order valence-corrected chi connectivity index (χ0v) is 22.9. The molecule has 1 fully saturated rings. The molecule has 6 N–H and O–H groups in total. The standard InChI is InChI=1S/C31H31F3N6O2/c1-18(41)38-24-12-10-21(11-13-24)27(37-17-19-8-9-19)23-6-3-5-22(15-23)26-28(30(36)42)40(39-29(26)31(32,33)34)25-7-2-4-20(14-25)16-35/h2-7,10-15,19,27,37H,8-9,16-17,35H2,1H3,(H2,36,42)(H,38,41). The van der Waals surface area contributed by atoms with E-state index in [-0.39, 0.29) is 35.4 Å². The number of hydrogen-bond acceptors (Lipinski definition) is 5. The van der Waals surface area contributed by atoms with Gasteiger partial charge in [-0.25, -0.2) is 4.68 Å². The number of hydrogen-bond donors (Lipinski definition) is 4. The van der Waals surface area contributed by atoms with Crippen LogP contribution in [0.25, 0.3) is 16.8 Å². The molecule has 218 valence electrons. The molecular formula is C31H31F3N6O2. The molecule has 11 heteroatoms. The lowest BCUT2D eigenvalue weighted by molar-refractivity contribution is -0.140. The van der Waals surface area contributed by atoms with Crippen LogP contribution in [0.5, 0.6) is 0 Å². The summed E-state index contributed by atoms with van der Waals surface area (Å²) in [7, 11) is 0.